The van der Waals surface area contributed by atoms with Crippen molar-refractivity contribution in [1.82, 2.24) is 23.6 Å². The Labute approximate surface area is 332 Å². The van der Waals surface area contributed by atoms with E-state index in [0.29, 0.717) is 0 Å². The molecule has 1 N–H and O–H groups in total. The fraction of sp³-hybridized carbons (Fsp3) is 0.0588. The summed E-state index contributed by atoms with van der Waals surface area (Å²) in [7, 11) is 0. The largest absolute Gasteiger partial charge is 0.316 e. The predicted octanol–water partition coefficient (Wildman–Crippen LogP) is 12.3. The molecule has 5 heterocycles. The van der Waals surface area contributed by atoms with E-state index in [0.717, 1.165) is 46.6 Å². The van der Waals surface area contributed by atoms with Crippen molar-refractivity contribution in [2.24, 2.45) is 9.98 Å². The molecule has 7 heteroatoms. The first-order chi connectivity index (χ1) is 28.8. The van der Waals surface area contributed by atoms with Gasteiger partial charge in [-0.25, -0.2) is 9.98 Å². The van der Waals surface area contributed by atoms with E-state index in [2.05, 4.69) is 193 Å². The number of fused-ring (bicyclic) bond motifs is 12. The summed E-state index contributed by atoms with van der Waals surface area (Å²) in [6, 6.07) is 54.9. The number of allylic oxidation sites excluding steroid dienone is 4. The summed E-state index contributed by atoms with van der Waals surface area (Å²) in [5.74, 6) is 0.736. The van der Waals surface area contributed by atoms with Crippen molar-refractivity contribution in [3.05, 3.63) is 170 Å². The molecule has 0 radical (unpaired) electrons. The van der Waals surface area contributed by atoms with Gasteiger partial charge in [0.15, 0.2) is 0 Å². The van der Waals surface area contributed by atoms with Crippen LogP contribution in [-0.2, 0) is 0 Å². The molecule has 0 saturated heterocycles. The molecule has 11 aromatic rings. The zero-order chi connectivity index (χ0) is 37.9. The van der Waals surface area contributed by atoms with E-state index in [9.17, 15) is 0 Å². The molecule has 1 aliphatic heterocycles. The van der Waals surface area contributed by atoms with E-state index >= 15 is 0 Å². The fourth-order valence-corrected chi connectivity index (χ4v) is 9.85. The summed E-state index contributed by atoms with van der Waals surface area (Å²) in [6.45, 7) is 0. The molecule has 2 aliphatic rings. The molecule has 4 aromatic heterocycles. The van der Waals surface area contributed by atoms with Crippen molar-refractivity contribution in [2.45, 2.75) is 19.1 Å². The lowest BCUT2D eigenvalue weighted by atomic mass is 10.1. The van der Waals surface area contributed by atoms with Crippen LogP contribution in [-0.4, -0.2) is 30.6 Å². The molecule has 7 aromatic carbocycles. The number of para-hydroxylation sites is 5. The molecule has 0 spiro atoms. The lowest BCUT2D eigenvalue weighted by Gasteiger charge is -2.21. The van der Waals surface area contributed by atoms with Gasteiger partial charge in [0.25, 0.3) is 0 Å². The third-order valence-corrected chi connectivity index (χ3v) is 12.3. The second kappa shape index (κ2) is 11.9. The van der Waals surface area contributed by atoms with E-state index in [1.165, 1.54) is 70.9 Å². The Morgan fingerprint density at radius 3 is 1.59 bits per heavy atom. The van der Waals surface area contributed by atoms with E-state index < -0.39 is 6.29 Å². The van der Waals surface area contributed by atoms with Gasteiger partial charge in [-0.3, -0.25) is 9.13 Å². The summed E-state index contributed by atoms with van der Waals surface area (Å²) >= 11 is 0. The van der Waals surface area contributed by atoms with Crippen LogP contribution in [0.2, 0.25) is 0 Å². The van der Waals surface area contributed by atoms with Gasteiger partial charge in [0, 0.05) is 54.5 Å². The van der Waals surface area contributed by atoms with Crippen molar-refractivity contribution in [2.75, 3.05) is 0 Å². The summed E-state index contributed by atoms with van der Waals surface area (Å²) in [5, 5.41) is 13.1. The third kappa shape index (κ3) is 4.33. The first kappa shape index (κ1) is 31.6. The average Bonchev–Trinajstić information content (AvgIpc) is 4.00. The second-order valence-electron chi connectivity index (χ2n) is 15.4. The van der Waals surface area contributed by atoms with Crippen LogP contribution in [0, 0.1) is 0 Å². The Kier molecular flexibility index (Phi) is 6.49. The minimum Gasteiger partial charge on any atom is -0.316 e. The first-order valence-electron chi connectivity index (χ1n) is 20.0. The summed E-state index contributed by atoms with van der Waals surface area (Å²) in [4.78, 5) is 10.5. The quantitative estimate of drug-likeness (QED) is 0.192. The van der Waals surface area contributed by atoms with E-state index in [-0.39, 0.29) is 0 Å². The standard InChI is InChI=1S/C51H35N7/c1-3-15-32(16-4-1)55-42-23-11-7-19-34(42)38-29-48-40(27-46(38)55)36-21-9-13-25-44(36)57(48)50-52-31-53-51(54-50)58-45-26-14-10-22-37(45)41-28-47-39(30-49(41)58)35-20-8-12-24-43(35)56(47)33-17-5-2-6-18-33/h1,3-5,7-31,50H,2,6H2,(H,52,53,54). The highest BCUT2D eigenvalue weighted by Gasteiger charge is 2.25. The van der Waals surface area contributed by atoms with Crippen LogP contribution in [0.25, 0.3) is 98.6 Å². The smallest absolute Gasteiger partial charge is 0.225 e. The zero-order valence-corrected chi connectivity index (χ0v) is 31.4. The van der Waals surface area contributed by atoms with Crippen LogP contribution < -0.4 is 5.32 Å². The lowest BCUT2D eigenvalue weighted by Crippen LogP contribution is -2.33. The maximum atomic E-state index is 5.49. The highest BCUT2D eigenvalue weighted by molar-refractivity contribution is 6.22. The van der Waals surface area contributed by atoms with Gasteiger partial charge in [0.2, 0.25) is 12.2 Å². The molecule has 274 valence electrons. The topological polar surface area (TPSA) is 56.5 Å². The maximum absolute atomic E-state index is 5.49. The van der Waals surface area contributed by atoms with Gasteiger partial charge in [-0.05, 0) is 79.6 Å². The lowest BCUT2D eigenvalue weighted by molar-refractivity contribution is 0.575. The minimum absolute atomic E-state index is 0.537. The van der Waals surface area contributed by atoms with Crippen LogP contribution >= 0.6 is 0 Å². The summed E-state index contributed by atoms with van der Waals surface area (Å²) in [6.07, 6.45) is 10.3. The number of nitrogens with zero attached hydrogens (tertiary/aromatic N) is 6. The van der Waals surface area contributed by atoms with Gasteiger partial charge in [-0.2, -0.15) is 0 Å². The SMILES string of the molecule is C1=CC(n2c3ccccc3c3cc4c(cc32)c2ccccc2n4C2=NC(n3c4ccccc4c4cc5c(cc43)c3ccccc3n5-c3ccccc3)N=CN2)=CCC1. The number of hydrogen-bond acceptors (Lipinski definition) is 3. The monoisotopic (exact) mass is 745 g/mol. The summed E-state index contributed by atoms with van der Waals surface area (Å²) < 4.78 is 9.41. The Hall–Kier alpha value is -7.64. The number of aliphatic imine (C=N–C) groups is 2. The Morgan fingerprint density at radius 2 is 0.948 bits per heavy atom. The molecule has 1 atom stereocenters. The molecule has 1 unspecified atom stereocenters. The van der Waals surface area contributed by atoms with Crippen molar-refractivity contribution in [1.29, 1.82) is 0 Å². The third-order valence-electron chi connectivity index (χ3n) is 12.3. The molecule has 1 aliphatic carbocycles. The number of hydrogen-bond donors (Lipinski definition) is 1. The fourth-order valence-electron chi connectivity index (χ4n) is 9.85. The van der Waals surface area contributed by atoms with Gasteiger partial charge < -0.3 is 14.5 Å². The molecule has 7 nitrogen and oxygen atoms in total. The van der Waals surface area contributed by atoms with Gasteiger partial charge in [-0.1, -0.05) is 103 Å². The van der Waals surface area contributed by atoms with Crippen LogP contribution in [0.4, 0.5) is 0 Å². The zero-order valence-electron chi connectivity index (χ0n) is 31.4. The predicted molar refractivity (Wildman–Crippen MR) is 242 cm³/mol. The van der Waals surface area contributed by atoms with Gasteiger partial charge in [0.05, 0.1) is 50.5 Å². The van der Waals surface area contributed by atoms with Gasteiger partial charge >= 0.3 is 0 Å². The minimum atomic E-state index is -0.537. The Balaban J connectivity index is 1.05. The molecule has 13 rings (SSSR count). The highest BCUT2D eigenvalue weighted by atomic mass is 15.4. The average molecular weight is 746 g/mol. The molecular weight excluding hydrogens is 711 g/mol. The van der Waals surface area contributed by atoms with Crippen molar-refractivity contribution in [3.8, 4) is 5.69 Å². The van der Waals surface area contributed by atoms with Crippen molar-refractivity contribution in [3.63, 3.8) is 0 Å². The first-order valence-corrected chi connectivity index (χ1v) is 20.0. The second-order valence-corrected chi connectivity index (χ2v) is 15.4. The van der Waals surface area contributed by atoms with Crippen LogP contribution in [0.5, 0.6) is 0 Å². The molecular formula is C51H35N7. The molecule has 0 amide bonds. The van der Waals surface area contributed by atoms with E-state index in [1.807, 2.05) is 6.34 Å². The van der Waals surface area contributed by atoms with Crippen LogP contribution in [0.15, 0.2) is 180 Å². The number of nitrogens with one attached hydrogen (secondary N) is 1. The number of rotatable bonds is 3. The normalized spacial score (nSPS) is 15.8. The van der Waals surface area contributed by atoms with Crippen molar-refractivity contribution < 1.29 is 0 Å². The molecule has 0 saturated carbocycles. The highest BCUT2D eigenvalue weighted by Crippen LogP contribution is 2.42. The van der Waals surface area contributed by atoms with Crippen LogP contribution in [0.3, 0.4) is 0 Å². The maximum Gasteiger partial charge on any atom is 0.225 e. The van der Waals surface area contributed by atoms with E-state index in [1.54, 1.807) is 0 Å². The molecule has 0 fully saturated rings. The number of aromatic nitrogens is 4. The van der Waals surface area contributed by atoms with E-state index in [4.69, 9.17) is 9.98 Å². The Bertz CT molecular complexity index is 3660. The van der Waals surface area contributed by atoms with Crippen LogP contribution in [0.1, 0.15) is 19.1 Å². The molecule has 58 heavy (non-hydrogen) atoms. The Morgan fingerprint density at radius 1 is 0.448 bits per heavy atom. The van der Waals surface area contributed by atoms with Gasteiger partial charge in [-0.15, -0.1) is 0 Å². The number of benzene rings is 7. The van der Waals surface area contributed by atoms with Crippen molar-refractivity contribution >= 4 is 105 Å². The molecule has 0 bridgehead atoms. The van der Waals surface area contributed by atoms with Gasteiger partial charge in [0.1, 0.15) is 0 Å². The summed E-state index contributed by atoms with van der Waals surface area (Å²) in [5.41, 5.74) is 11.5.